The van der Waals surface area contributed by atoms with Gasteiger partial charge in [-0.1, -0.05) is 43.7 Å². The van der Waals surface area contributed by atoms with Gasteiger partial charge in [-0.3, -0.25) is 4.79 Å². The maximum absolute atomic E-state index is 11.6. The highest BCUT2D eigenvalue weighted by Crippen LogP contribution is 2.40. The lowest BCUT2D eigenvalue weighted by Gasteiger charge is -2.28. The van der Waals surface area contributed by atoms with Gasteiger partial charge in [-0.2, -0.15) is 0 Å². The lowest BCUT2D eigenvalue weighted by molar-refractivity contribution is -0.135. The van der Waals surface area contributed by atoms with Crippen LogP contribution >= 0.6 is 0 Å². The van der Waals surface area contributed by atoms with Gasteiger partial charge in [0.25, 0.3) is 0 Å². The largest absolute Gasteiger partial charge is 0.480 e. The number of aliphatic carboxylic acids is 1. The van der Waals surface area contributed by atoms with E-state index in [1.807, 2.05) is 6.07 Å². The molecule has 2 atom stereocenters. The van der Waals surface area contributed by atoms with Crippen LogP contribution in [-0.2, 0) is 4.79 Å². The van der Waals surface area contributed by atoms with Crippen LogP contribution in [0.4, 0.5) is 4.79 Å². The molecular formula is C18H26N2O3. The molecule has 0 aromatic heterocycles. The molecule has 5 heteroatoms. The van der Waals surface area contributed by atoms with E-state index in [0.717, 1.165) is 25.7 Å². The van der Waals surface area contributed by atoms with Gasteiger partial charge in [0.15, 0.2) is 0 Å². The molecule has 0 saturated heterocycles. The number of urea groups is 1. The second kappa shape index (κ2) is 7.99. The molecule has 0 spiro atoms. The highest BCUT2D eigenvalue weighted by atomic mass is 16.4. The number of hydrogen-bond donors (Lipinski definition) is 3. The van der Waals surface area contributed by atoms with Crippen LogP contribution in [0.2, 0.25) is 0 Å². The molecule has 1 aliphatic rings. The minimum atomic E-state index is -1.04. The third-order valence-electron chi connectivity index (χ3n) is 4.78. The van der Waals surface area contributed by atoms with Crippen molar-refractivity contribution in [1.82, 2.24) is 10.6 Å². The molecule has 1 aromatic carbocycles. The Morgan fingerprint density at radius 3 is 2.61 bits per heavy atom. The number of carboxylic acid groups (broad SMARTS) is 1. The van der Waals surface area contributed by atoms with E-state index in [1.54, 1.807) is 0 Å². The van der Waals surface area contributed by atoms with Gasteiger partial charge in [-0.15, -0.1) is 0 Å². The molecule has 3 N–H and O–H groups in total. The van der Waals surface area contributed by atoms with Crippen LogP contribution in [-0.4, -0.2) is 30.2 Å². The van der Waals surface area contributed by atoms with Crippen molar-refractivity contribution in [2.75, 3.05) is 13.1 Å². The third-order valence-corrected chi connectivity index (χ3v) is 4.78. The molecule has 0 unspecified atom stereocenters. The summed E-state index contributed by atoms with van der Waals surface area (Å²) in [5.74, 6) is -0.439. The number of hydrogen-bond acceptors (Lipinski definition) is 2. The fraction of sp³-hybridized carbons (Fsp3) is 0.556. The molecule has 1 aromatic rings. The van der Waals surface area contributed by atoms with Gasteiger partial charge >= 0.3 is 12.0 Å². The second-order valence-corrected chi connectivity index (χ2v) is 6.78. The van der Waals surface area contributed by atoms with E-state index in [1.165, 1.54) is 12.0 Å². The van der Waals surface area contributed by atoms with Gasteiger partial charge in [0.1, 0.15) is 6.54 Å². The lowest BCUT2D eigenvalue weighted by atomic mass is 9.82. The van der Waals surface area contributed by atoms with E-state index in [0.29, 0.717) is 12.5 Å². The van der Waals surface area contributed by atoms with Crippen LogP contribution in [0.15, 0.2) is 30.3 Å². The summed E-state index contributed by atoms with van der Waals surface area (Å²) < 4.78 is 0. The molecule has 1 aliphatic carbocycles. The zero-order valence-electron chi connectivity index (χ0n) is 13.7. The van der Waals surface area contributed by atoms with Crippen LogP contribution in [0.25, 0.3) is 0 Å². The van der Waals surface area contributed by atoms with Crippen LogP contribution in [0, 0.1) is 5.41 Å². The summed E-state index contributed by atoms with van der Waals surface area (Å²) in [6.45, 7) is 2.44. The first-order valence-electron chi connectivity index (χ1n) is 8.27. The quantitative estimate of drug-likeness (QED) is 0.730. The minimum Gasteiger partial charge on any atom is -0.480 e. The normalized spacial score (nSPS) is 24.5. The first kappa shape index (κ1) is 17.3. The molecule has 23 heavy (non-hydrogen) atoms. The second-order valence-electron chi connectivity index (χ2n) is 6.78. The van der Waals surface area contributed by atoms with E-state index in [2.05, 4.69) is 41.8 Å². The highest BCUT2D eigenvalue weighted by molar-refractivity contribution is 5.79. The Kier molecular flexibility index (Phi) is 6.02. The van der Waals surface area contributed by atoms with Crippen LogP contribution < -0.4 is 10.6 Å². The Morgan fingerprint density at radius 1 is 1.17 bits per heavy atom. The van der Waals surface area contributed by atoms with Gasteiger partial charge in [-0.25, -0.2) is 4.79 Å². The Labute approximate surface area is 137 Å². The van der Waals surface area contributed by atoms with Gasteiger partial charge in [-0.05, 0) is 42.6 Å². The van der Waals surface area contributed by atoms with Crippen molar-refractivity contribution in [3.8, 4) is 0 Å². The molecule has 0 heterocycles. The van der Waals surface area contributed by atoms with Crippen molar-refractivity contribution in [3.63, 3.8) is 0 Å². The molecule has 1 saturated carbocycles. The first-order chi connectivity index (χ1) is 11.0. The SMILES string of the molecule is C[C@]1(CNC(=O)NCC(=O)O)CCC[C@@H](c2ccccc2)CC1. The van der Waals surface area contributed by atoms with E-state index >= 15 is 0 Å². The lowest BCUT2D eigenvalue weighted by Crippen LogP contribution is -2.43. The predicted molar refractivity (Wildman–Crippen MR) is 89.4 cm³/mol. The average Bonchev–Trinajstić information content (AvgIpc) is 2.74. The van der Waals surface area contributed by atoms with E-state index in [9.17, 15) is 9.59 Å². The Balaban J connectivity index is 1.83. The van der Waals surface area contributed by atoms with Gasteiger partial charge < -0.3 is 15.7 Å². The van der Waals surface area contributed by atoms with Crippen LogP contribution in [0.5, 0.6) is 0 Å². The highest BCUT2D eigenvalue weighted by Gasteiger charge is 2.29. The molecule has 1 fully saturated rings. The van der Waals surface area contributed by atoms with Crippen molar-refractivity contribution in [2.24, 2.45) is 5.41 Å². The monoisotopic (exact) mass is 318 g/mol. The van der Waals surface area contributed by atoms with E-state index < -0.39 is 12.0 Å². The summed E-state index contributed by atoms with van der Waals surface area (Å²) in [4.78, 5) is 22.1. The van der Waals surface area contributed by atoms with Gasteiger partial charge in [0.05, 0.1) is 0 Å². The van der Waals surface area contributed by atoms with Crippen molar-refractivity contribution >= 4 is 12.0 Å². The van der Waals surface area contributed by atoms with E-state index in [4.69, 9.17) is 5.11 Å². The summed E-state index contributed by atoms with van der Waals surface area (Å²) >= 11 is 0. The molecule has 2 rings (SSSR count). The Bertz CT molecular complexity index is 532. The third kappa shape index (κ3) is 5.58. The van der Waals surface area contributed by atoms with Crippen molar-refractivity contribution in [3.05, 3.63) is 35.9 Å². The maximum Gasteiger partial charge on any atom is 0.323 e. The smallest absolute Gasteiger partial charge is 0.323 e. The number of amides is 2. The molecule has 0 radical (unpaired) electrons. The summed E-state index contributed by atoms with van der Waals surface area (Å²) in [7, 11) is 0. The summed E-state index contributed by atoms with van der Waals surface area (Å²) in [6.07, 6.45) is 5.60. The van der Waals surface area contributed by atoms with Gasteiger partial charge in [0.2, 0.25) is 0 Å². The molecule has 126 valence electrons. The van der Waals surface area contributed by atoms with Crippen LogP contribution in [0.3, 0.4) is 0 Å². The summed E-state index contributed by atoms with van der Waals surface area (Å²) in [5.41, 5.74) is 1.48. The van der Waals surface area contributed by atoms with Gasteiger partial charge in [0, 0.05) is 6.54 Å². The number of carboxylic acids is 1. The summed E-state index contributed by atoms with van der Waals surface area (Å²) in [6, 6.07) is 10.2. The van der Waals surface area contributed by atoms with Crippen molar-refractivity contribution < 1.29 is 14.7 Å². The molecular weight excluding hydrogens is 292 g/mol. The summed E-state index contributed by atoms with van der Waals surface area (Å²) in [5, 5.41) is 13.7. The first-order valence-corrected chi connectivity index (χ1v) is 8.27. The average molecular weight is 318 g/mol. The zero-order chi connectivity index (χ0) is 16.7. The van der Waals surface area contributed by atoms with E-state index in [-0.39, 0.29) is 12.0 Å². The Hall–Kier alpha value is -2.04. The zero-order valence-corrected chi connectivity index (χ0v) is 13.7. The fourth-order valence-electron chi connectivity index (χ4n) is 3.31. The van der Waals surface area contributed by atoms with Crippen molar-refractivity contribution in [1.29, 1.82) is 0 Å². The molecule has 5 nitrogen and oxygen atoms in total. The number of rotatable bonds is 5. The number of nitrogens with one attached hydrogen (secondary N) is 2. The molecule has 0 aliphatic heterocycles. The minimum absolute atomic E-state index is 0.0735. The number of carbonyl (C=O) groups is 2. The molecule has 2 amide bonds. The Morgan fingerprint density at radius 2 is 1.91 bits per heavy atom. The topological polar surface area (TPSA) is 78.4 Å². The van der Waals surface area contributed by atoms with Crippen molar-refractivity contribution in [2.45, 2.75) is 44.9 Å². The number of benzene rings is 1. The molecule has 0 bridgehead atoms. The predicted octanol–water partition coefficient (Wildman–Crippen LogP) is 3.12. The van der Waals surface area contributed by atoms with Crippen LogP contribution in [0.1, 0.15) is 50.5 Å². The fourth-order valence-corrected chi connectivity index (χ4v) is 3.31. The standard InChI is InChI=1S/C18H26N2O3/c1-18(13-20-17(23)19-12-16(21)22)10-5-8-15(9-11-18)14-6-3-2-4-7-14/h2-4,6-7,15H,5,8-13H2,1H3,(H,21,22)(H2,19,20,23)/t15-,18+/m1/s1. The maximum atomic E-state index is 11.6. The number of carbonyl (C=O) groups excluding carboxylic acids is 1.